The van der Waals surface area contributed by atoms with E-state index in [-0.39, 0.29) is 58.0 Å². The second-order valence-corrected chi connectivity index (χ2v) is 37.1. The summed E-state index contributed by atoms with van der Waals surface area (Å²) in [7, 11) is 0. The zero-order chi connectivity index (χ0) is 107. The highest BCUT2D eigenvalue weighted by molar-refractivity contribution is 6.37. The molecule has 28 aromatic rings. The first kappa shape index (κ1) is 76.4. The van der Waals surface area contributed by atoms with E-state index in [1.807, 2.05) is 52.0 Å². The lowest BCUT2D eigenvalue weighted by Crippen LogP contribution is -2.11. The van der Waals surface area contributed by atoms with E-state index in [0.29, 0.717) is 54.2 Å². The van der Waals surface area contributed by atoms with E-state index >= 15 is 17.6 Å². The van der Waals surface area contributed by atoms with E-state index in [1.54, 1.807) is 59.4 Å². The van der Waals surface area contributed by atoms with Gasteiger partial charge in [0.1, 0.15) is 11.4 Å². The molecule has 0 N–H and O–H groups in total. The maximum Gasteiger partial charge on any atom is 0.200 e. The largest absolute Gasteiger partial charge is 0.313 e. The minimum Gasteiger partial charge on any atom is -0.313 e. The molecular weight excluding hydrogens is 1810 g/mol. The standard InChI is InChI=1S/C56H36N2.C36H18F10N2.C36H28N2/c1-7-19-37(20-8-1)51-47-35-41-31-34-46-50-42(32-33-45(49(41)50)55(47)57(43-27-15-5-16-28-43)53(51)39-23-11-3-12-24-39)36-48-52(38-21-9-2-10-22-38)54(40-25-13-4-14-26-40)58(56(46)48)44-29-17-6-18-30-44;1-11-13(3)47(35-29(43)25(39)23(37)26(40)30(35)44)33-17-7-6-16-10-20-12(2)14(4)48(36-31(45)27(41)24(38)28(42)32(36)46)34(20)18-8-5-15(9-19(11)33)21(17)22(16)18;1-21-23(3)37(27-11-7-5-8-12-27)35-29-17-16-26-20-32-22(2)24(4)38(28-13-9-6-10-14-28)36(32)30-18-15-25(19-31(21)35)33(29)34(26)30/h1-36H;5-10H,1-4H3;5-20H,1-4H3/i;;5D,6D,7D,8D,9D,10D,11D,12D,13D,14D. The summed E-state index contributed by atoms with van der Waals surface area (Å²) in [6.07, 6.45) is 0. The van der Waals surface area contributed by atoms with Gasteiger partial charge in [-0.3, -0.25) is 0 Å². The van der Waals surface area contributed by atoms with E-state index in [9.17, 15) is 26.3 Å². The summed E-state index contributed by atoms with van der Waals surface area (Å²) in [5.74, 6) is -21.1. The Labute approximate surface area is 831 Å². The van der Waals surface area contributed by atoms with Crippen LogP contribution in [0.25, 0.3) is 241 Å². The molecule has 0 aliphatic carbocycles. The van der Waals surface area contributed by atoms with E-state index in [1.165, 1.54) is 113 Å². The number of aryl methyl sites for hydroxylation is 4. The molecule has 0 radical (unpaired) electrons. The Balaban J connectivity index is 0.000000116. The molecule has 0 bridgehead atoms. The molecule has 0 unspecified atom stereocenters. The number of hydrogen-bond acceptors (Lipinski definition) is 0. The van der Waals surface area contributed by atoms with Gasteiger partial charge in [0, 0.05) is 121 Å². The molecular formula is C128H82F10N6. The van der Waals surface area contributed by atoms with Crippen molar-refractivity contribution in [3.8, 4) is 78.9 Å². The van der Waals surface area contributed by atoms with Gasteiger partial charge in [-0.05, 0) is 249 Å². The minimum atomic E-state index is -2.30. The number of hydrogen-bond donors (Lipinski definition) is 0. The molecule has 6 heterocycles. The normalized spacial score (nSPS) is 13.1. The Kier molecular flexibility index (Phi) is 17.3. The van der Waals surface area contributed by atoms with Gasteiger partial charge in [-0.2, -0.15) is 0 Å². The average molecular weight is 1900 g/mol. The molecule has 16 heteroatoms. The SMILES string of the molecule is Cc1c(C)n(-c2c(F)c(F)c(F)c(F)c2F)c2c1cc1ccc3c4c(ccc2c14)cc1c(C)c(C)n(-c2c(F)c(F)c(F)c(F)c2F)c13.[2H]c1c([2H])c([2H])c(-n2c(C)c(C)c3cc4ccc5c6c(ccc(c46)c32)cc2c(C)c(C)n(-c3c([2H])c([2H])c([2H])c([2H])c3[2H])c25)c([2H])c1[2H].c1ccc(-c2c(-c3ccccc3)n(-c3ccccc3)c3c2cc2ccc4c5c(ccc3c25)cc2c(-c3ccccc3)c(-c3ccccc3)n(-c3ccccc3)c24)cc1. The zero-order valence-corrected chi connectivity index (χ0v) is 78.2. The summed E-state index contributed by atoms with van der Waals surface area (Å²) >= 11 is 0. The van der Waals surface area contributed by atoms with Crippen molar-refractivity contribution < 1.29 is 57.6 Å². The lowest BCUT2D eigenvalue weighted by molar-refractivity contribution is 0.376. The molecule has 28 rings (SSSR count). The summed E-state index contributed by atoms with van der Waals surface area (Å²) in [6, 6.07) is 98.5. The Bertz CT molecular complexity index is 9850. The Hall–Kier alpha value is -17.5. The molecule has 0 amide bonds. The van der Waals surface area contributed by atoms with Gasteiger partial charge < -0.3 is 27.4 Å². The van der Waals surface area contributed by atoms with E-state index in [4.69, 9.17) is 13.7 Å². The second-order valence-electron chi connectivity index (χ2n) is 37.1. The molecule has 694 valence electrons. The fourth-order valence-corrected chi connectivity index (χ4v) is 23.2. The maximum atomic E-state index is 15.3. The van der Waals surface area contributed by atoms with Crippen LogP contribution in [0.5, 0.6) is 0 Å². The molecule has 0 fully saturated rings. The van der Waals surface area contributed by atoms with E-state index < -0.39 is 106 Å². The number of halogens is 10. The van der Waals surface area contributed by atoms with E-state index in [0.717, 1.165) is 97.1 Å². The molecule has 6 nitrogen and oxygen atoms in total. The van der Waals surface area contributed by atoms with Crippen LogP contribution in [0.2, 0.25) is 0 Å². The van der Waals surface area contributed by atoms with E-state index in [2.05, 4.69) is 240 Å². The monoisotopic (exact) mass is 1900 g/mol. The Morgan fingerprint density at radius 1 is 0.188 bits per heavy atom. The van der Waals surface area contributed by atoms with Crippen LogP contribution in [0.4, 0.5) is 43.9 Å². The topological polar surface area (TPSA) is 29.6 Å². The van der Waals surface area contributed by atoms with Gasteiger partial charge in [-0.1, -0.05) is 267 Å². The molecule has 22 aromatic carbocycles. The van der Waals surface area contributed by atoms with Crippen molar-refractivity contribution in [2.24, 2.45) is 0 Å². The highest BCUT2D eigenvalue weighted by Crippen LogP contribution is 2.55. The summed E-state index contributed by atoms with van der Waals surface area (Å²) in [6.45, 7) is 14.0. The average Bonchev–Trinajstić information content (AvgIpc) is 1.52. The molecule has 0 saturated heterocycles. The van der Waals surface area contributed by atoms with Gasteiger partial charge in [0.2, 0.25) is 11.6 Å². The highest BCUT2D eigenvalue weighted by Gasteiger charge is 2.36. The third kappa shape index (κ3) is 12.3. The van der Waals surface area contributed by atoms with Crippen LogP contribution in [-0.4, -0.2) is 27.4 Å². The van der Waals surface area contributed by atoms with Crippen molar-refractivity contribution in [1.29, 1.82) is 0 Å². The van der Waals surface area contributed by atoms with Crippen molar-refractivity contribution in [3.05, 3.63) is 455 Å². The fraction of sp³-hybridized carbons (Fsp3) is 0.0625. The highest BCUT2D eigenvalue weighted by atomic mass is 19.2. The number of para-hydroxylation sites is 4. The van der Waals surface area contributed by atoms with Crippen LogP contribution in [-0.2, 0) is 0 Å². The number of benzene rings is 22. The number of nitrogens with zero attached hydrogens (tertiary/aromatic N) is 6. The van der Waals surface area contributed by atoms with Crippen molar-refractivity contribution in [3.63, 3.8) is 0 Å². The third-order valence-electron chi connectivity index (χ3n) is 30.0. The molecule has 0 atom stereocenters. The quantitative estimate of drug-likeness (QED) is 0.0565. The first-order valence-corrected chi connectivity index (χ1v) is 47.1. The van der Waals surface area contributed by atoms with Crippen LogP contribution >= 0.6 is 0 Å². The predicted molar refractivity (Wildman–Crippen MR) is 571 cm³/mol. The predicted octanol–water partition coefficient (Wildman–Crippen LogP) is 35.9. The number of rotatable bonds is 10. The molecule has 0 aliphatic heterocycles. The zero-order valence-electron chi connectivity index (χ0n) is 88.2. The minimum absolute atomic E-state index is 0.0929. The van der Waals surface area contributed by atoms with Gasteiger partial charge in [-0.15, -0.1) is 0 Å². The van der Waals surface area contributed by atoms with Crippen LogP contribution in [0, 0.1) is 114 Å². The molecule has 0 spiro atoms. The summed E-state index contributed by atoms with van der Waals surface area (Å²) < 4.78 is 243. The van der Waals surface area contributed by atoms with Gasteiger partial charge in [0.15, 0.2) is 46.5 Å². The van der Waals surface area contributed by atoms with Gasteiger partial charge in [0.25, 0.3) is 0 Å². The first-order valence-electron chi connectivity index (χ1n) is 52.1. The lowest BCUT2D eigenvalue weighted by Gasteiger charge is -2.18. The maximum absolute atomic E-state index is 15.3. The van der Waals surface area contributed by atoms with Crippen molar-refractivity contribution in [2.45, 2.75) is 55.4 Å². The number of fused-ring (bicyclic) bond motifs is 12. The second kappa shape index (κ2) is 32.5. The fourth-order valence-electron chi connectivity index (χ4n) is 23.2. The van der Waals surface area contributed by atoms with Crippen LogP contribution in [0.15, 0.2) is 352 Å². The van der Waals surface area contributed by atoms with Crippen LogP contribution < -0.4 is 0 Å². The van der Waals surface area contributed by atoms with Crippen molar-refractivity contribution in [2.75, 3.05) is 0 Å². The van der Waals surface area contributed by atoms with Crippen LogP contribution in [0.3, 0.4) is 0 Å². The van der Waals surface area contributed by atoms with Gasteiger partial charge in [-0.25, -0.2) is 43.9 Å². The van der Waals surface area contributed by atoms with Gasteiger partial charge >= 0.3 is 0 Å². The third-order valence-corrected chi connectivity index (χ3v) is 30.0. The summed E-state index contributed by atoms with van der Waals surface area (Å²) in [4.78, 5) is 0. The van der Waals surface area contributed by atoms with Gasteiger partial charge in [0.05, 0.1) is 58.2 Å². The Morgan fingerprint density at radius 2 is 0.396 bits per heavy atom. The molecule has 0 aliphatic rings. The Morgan fingerprint density at radius 3 is 0.653 bits per heavy atom. The molecule has 6 aromatic heterocycles. The summed E-state index contributed by atoms with van der Waals surface area (Å²) in [5, 5.41) is 21.1. The summed E-state index contributed by atoms with van der Waals surface area (Å²) in [5.41, 5.74) is 18.8. The molecule has 0 saturated carbocycles. The first-order chi connectivity index (χ1) is 74.2. The molecule has 144 heavy (non-hydrogen) atoms. The van der Waals surface area contributed by atoms with Crippen molar-refractivity contribution in [1.82, 2.24) is 27.4 Å². The van der Waals surface area contributed by atoms with Crippen molar-refractivity contribution >= 4 is 162 Å². The number of aromatic nitrogens is 6. The van der Waals surface area contributed by atoms with Crippen LogP contribution in [0.1, 0.15) is 58.7 Å². The smallest absolute Gasteiger partial charge is 0.200 e. The lowest BCUT2D eigenvalue weighted by atomic mass is 9.89.